The molecule has 0 spiro atoms. The number of morpholine rings is 1. The molecule has 2 aromatic carbocycles. The van der Waals surface area contributed by atoms with Crippen LogP contribution in [-0.2, 0) is 16.0 Å². The minimum Gasteiger partial charge on any atom is -0.465 e. The lowest BCUT2D eigenvalue weighted by molar-refractivity contribution is 0.0342. The maximum atomic E-state index is 14.2. The van der Waals surface area contributed by atoms with Crippen molar-refractivity contribution >= 4 is 11.9 Å². The van der Waals surface area contributed by atoms with Gasteiger partial charge in [-0.1, -0.05) is 18.2 Å². The van der Waals surface area contributed by atoms with Crippen molar-refractivity contribution in [3.63, 3.8) is 0 Å². The summed E-state index contributed by atoms with van der Waals surface area (Å²) in [5.41, 5.74) is 9.22. The first-order chi connectivity index (χ1) is 19.9. The molecule has 1 saturated heterocycles. The van der Waals surface area contributed by atoms with Gasteiger partial charge in [-0.3, -0.25) is 9.69 Å². The largest absolute Gasteiger partial charge is 0.465 e. The topological polar surface area (TPSA) is 116 Å². The Bertz CT molecular complexity index is 1390. The molecule has 1 aliphatic heterocycles. The molecule has 2 fully saturated rings. The minimum absolute atomic E-state index is 0.0168. The van der Waals surface area contributed by atoms with E-state index >= 15 is 0 Å². The average molecular weight is 563 g/mol. The number of methoxy groups -OCH3 is 1. The van der Waals surface area contributed by atoms with Crippen molar-refractivity contribution in [1.82, 2.24) is 15.2 Å². The van der Waals surface area contributed by atoms with E-state index in [-0.39, 0.29) is 23.5 Å². The average Bonchev–Trinajstić information content (AvgIpc) is 2.99. The molecule has 1 aliphatic carbocycles. The van der Waals surface area contributed by atoms with Crippen molar-refractivity contribution in [2.24, 2.45) is 5.73 Å². The lowest BCUT2D eigenvalue weighted by atomic mass is 9.91. The van der Waals surface area contributed by atoms with Gasteiger partial charge in [-0.05, 0) is 72.7 Å². The molecule has 0 unspecified atom stereocenters. The Labute approximate surface area is 238 Å². The summed E-state index contributed by atoms with van der Waals surface area (Å²) in [6, 6.07) is 14.1. The highest BCUT2D eigenvalue weighted by Crippen LogP contribution is 2.32. The number of hydrogen-bond acceptors (Lipinski definition) is 8. The van der Waals surface area contributed by atoms with Crippen LogP contribution in [0.25, 0.3) is 11.1 Å². The lowest BCUT2D eigenvalue weighted by Gasteiger charge is -2.27. The molecule has 3 aromatic rings. The van der Waals surface area contributed by atoms with Gasteiger partial charge in [0.25, 0.3) is 5.91 Å². The Hall–Kier alpha value is -3.86. The second-order valence-corrected chi connectivity index (χ2v) is 10.5. The molecule has 9 nitrogen and oxygen atoms in total. The van der Waals surface area contributed by atoms with Crippen LogP contribution >= 0.6 is 0 Å². The molecular weight excluding hydrogens is 527 g/mol. The van der Waals surface area contributed by atoms with Gasteiger partial charge >= 0.3 is 5.97 Å². The second kappa shape index (κ2) is 13.2. The number of amides is 1. The number of nitrogens with zero attached hydrogens (tertiary/aromatic N) is 2. The van der Waals surface area contributed by atoms with E-state index in [1.54, 1.807) is 12.1 Å². The van der Waals surface area contributed by atoms with E-state index in [0.29, 0.717) is 31.1 Å². The third kappa shape index (κ3) is 7.27. The molecule has 41 heavy (non-hydrogen) atoms. The predicted molar refractivity (Wildman–Crippen MR) is 151 cm³/mol. The summed E-state index contributed by atoms with van der Waals surface area (Å²) in [4.78, 5) is 31.7. The Kier molecular flexibility index (Phi) is 9.23. The Morgan fingerprint density at radius 1 is 1.10 bits per heavy atom. The molecule has 2 heterocycles. The number of halogens is 1. The Balaban J connectivity index is 1.40. The number of nitrogens with one attached hydrogen (secondary N) is 1. The van der Waals surface area contributed by atoms with E-state index in [0.717, 1.165) is 67.7 Å². The predicted octanol–water partition coefficient (Wildman–Crippen LogP) is 4.30. The maximum Gasteiger partial charge on any atom is 0.337 e. The van der Waals surface area contributed by atoms with E-state index in [9.17, 15) is 14.0 Å². The fraction of sp³-hybridized carbons (Fsp3) is 0.387. The van der Waals surface area contributed by atoms with Crippen LogP contribution in [0.2, 0.25) is 0 Å². The van der Waals surface area contributed by atoms with Gasteiger partial charge < -0.3 is 25.3 Å². The van der Waals surface area contributed by atoms with Crippen molar-refractivity contribution in [3.8, 4) is 22.8 Å². The molecule has 3 N–H and O–H groups in total. The normalized spacial score (nSPS) is 19.4. The quantitative estimate of drug-likeness (QED) is 0.391. The summed E-state index contributed by atoms with van der Waals surface area (Å²) in [5, 5.41) is 2.98. The van der Waals surface area contributed by atoms with Crippen LogP contribution in [0.1, 0.15) is 52.0 Å². The number of carbonyl (C=O) groups is 2. The van der Waals surface area contributed by atoms with Gasteiger partial charge in [-0.25, -0.2) is 14.2 Å². The van der Waals surface area contributed by atoms with Crippen molar-refractivity contribution in [2.45, 2.75) is 44.3 Å². The van der Waals surface area contributed by atoms with Crippen molar-refractivity contribution < 1.29 is 28.2 Å². The number of rotatable bonds is 8. The Morgan fingerprint density at radius 3 is 2.63 bits per heavy atom. The zero-order valence-corrected chi connectivity index (χ0v) is 23.1. The summed E-state index contributed by atoms with van der Waals surface area (Å²) in [5.74, 6) is -1.01. The van der Waals surface area contributed by atoms with Crippen molar-refractivity contribution in [1.29, 1.82) is 0 Å². The number of nitrogens with two attached hydrogens (primary N) is 1. The fourth-order valence-electron chi connectivity index (χ4n) is 5.29. The SMILES string of the molecule is COC(=O)c1ccc(-c2cccc(Oc3ncc(F)cc3C(=O)NC3CCC(N)CC3)c2)c(CN2CCOCC2)c1. The Morgan fingerprint density at radius 2 is 1.88 bits per heavy atom. The summed E-state index contributed by atoms with van der Waals surface area (Å²) >= 11 is 0. The van der Waals surface area contributed by atoms with E-state index < -0.39 is 17.7 Å². The summed E-state index contributed by atoms with van der Waals surface area (Å²) in [6.07, 6.45) is 4.24. The van der Waals surface area contributed by atoms with Crippen LogP contribution in [0.5, 0.6) is 11.6 Å². The molecule has 1 aromatic heterocycles. The van der Waals surface area contributed by atoms with Gasteiger partial charge in [0, 0.05) is 31.7 Å². The smallest absolute Gasteiger partial charge is 0.337 e. The number of benzene rings is 2. The van der Waals surface area contributed by atoms with Crippen LogP contribution in [0.15, 0.2) is 54.7 Å². The van der Waals surface area contributed by atoms with Gasteiger partial charge in [-0.15, -0.1) is 0 Å². The van der Waals surface area contributed by atoms with E-state index in [4.69, 9.17) is 19.9 Å². The molecule has 1 saturated carbocycles. The van der Waals surface area contributed by atoms with Gasteiger partial charge in [0.15, 0.2) is 0 Å². The molecular formula is C31H35FN4O5. The number of carbonyl (C=O) groups excluding carboxylic acids is 2. The highest BCUT2D eigenvalue weighted by atomic mass is 19.1. The summed E-state index contributed by atoms with van der Waals surface area (Å²) < 4.78 is 30.6. The number of esters is 1. The van der Waals surface area contributed by atoms with Crippen LogP contribution in [0.3, 0.4) is 0 Å². The highest BCUT2D eigenvalue weighted by Gasteiger charge is 2.24. The van der Waals surface area contributed by atoms with Crippen LogP contribution < -0.4 is 15.8 Å². The zero-order chi connectivity index (χ0) is 28.8. The first-order valence-corrected chi connectivity index (χ1v) is 13.9. The first-order valence-electron chi connectivity index (χ1n) is 13.9. The lowest BCUT2D eigenvalue weighted by Crippen LogP contribution is -2.40. The number of aromatic nitrogens is 1. The molecule has 0 bridgehead atoms. The molecule has 10 heteroatoms. The molecule has 0 atom stereocenters. The molecule has 2 aliphatic rings. The first kappa shape index (κ1) is 28.7. The van der Waals surface area contributed by atoms with Crippen LogP contribution in [0, 0.1) is 5.82 Å². The highest BCUT2D eigenvalue weighted by molar-refractivity contribution is 5.96. The standard InChI is InChI=1S/C31H35FN4O5/c1-39-31(38)21-5-10-27(22(15-21)19-36-11-13-40-14-12-36)20-3-2-4-26(16-20)41-30-28(17-23(32)18-34-30)29(37)35-25-8-6-24(33)7-9-25/h2-5,10,15-18,24-25H,6-9,11-14,19,33H2,1H3,(H,35,37). The van der Waals surface area contributed by atoms with Crippen molar-refractivity contribution in [2.75, 3.05) is 33.4 Å². The van der Waals surface area contributed by atoms with Gasteiger partial charge in [0.1, 0.15) is 17.1 Å². The summed E-state index contributed by atoms with van der Waals surface area (Å²) in [7, 11) is 1.36. The summed E-state index contributed by atoms with van der Waals surface area (Å²) in [6.45, 7) is 3.53. The number of hydrogen-bond donors (Lipinski definition) is 2. The third-order valence-corrected chi connectivity index (χ3v) is 7.55. The monoisotopic (exact) mass is 562 g/mol. The zero-order valence-electron chi connectivity index (χ0n) is 23.1. The van der Waals surface area contributed by atoms with E-state index in [1.165, 1.54) is 7.11 Å². The van der Waals surface area contributed by atoms with Crippen LogP contribution in [0.4, 0.5) is 4.39 Å². The van der Waals surface area contributed by atoms with Gasteiger partial charge in [0.05, 0.1) is 32.1 Å². The molecule has 0 radical (unpaired) electrons. The van der Waals surface area contributed by atoms with Gasteiger partial charge in [0.2, 0.25) is 5.88 Å². The van der Waals surface area contributed by atoms with E-state index in [1.807, 2.05) is 30.3 Å². The third-order valence-electron chi connectivity index (χ3n) is 7.55. The maximum absolute atomic E-state index is 14.2. The molecule has 5 rings (SSSR count). The minimum atomic E-state index is -0.625. The molecule has 216 valence electrons. The fourth-order valence-corrected chi connectivity index (χ4v) is 5.29. The number of pyridine rings is 1. The second-order valence-electron chi connectivity index (χ2n) is 10.5. The molecule has 1 amide bonds. The van der Waals surface area contributed by atoms with Crippen molar-refractivity contribution in [3.05, 3.63) is 77.2 Å². The van der Waals surface area contributed by atoms with Gasteiger partial charge in [-0.2, -0.15) is 0 Å². The van der Waals surface area contributed by atoms with E-state index in [2.05, 4.69) is 15.2 Å². The van der Waals surface area contributed by atoms with Crippen LogP contribution in [-0.4, -0.2) is 67.3 Å². The number of ether oxygens (including phenoxy) is 3.